The number of hydrogen-bond donors (Lipinski definition) is 1. The molecule has 2 heterocycles. The van der Waals surface area contributed by atoms with E-state index in [-0.39, 0.29) is 17.5 Å². The molecule has 2 amide bonds. The van der Waals surface area contributed by atoms with Crippen molar-refractivity contribution >= 4 is 34.7 Å². The number of nitrogens with one attached hydrogen (secondary N) is 1. The number of amides is 2. The number of aromatic nitrogens is 2. The van der Waals surface area contributed by atoms with E-state index in [9.17, 15) is 9.59 Å². The van der Waals surface area contributed by atoms with Gasteiger partial charge in [-0.2, -0.15) is 0 Å². The highest BCUT2D eigenvalue weighted by molar-refractivity contribution is 7.09. The van der Waals surface area contributed by atoms with Crippen molar-refractivity contribution in [1.82, 2.24) is 19.8 Å². The number of nitrogens with zero attached hydrogens (tertiary/aromatic N) is 3. The molecular formula is C22H26N4O2S2. The van der Waals surface area contributed by atoms with Gasteiger partial charge in [-0.25, -0.2) is 0 Å². The zero-order chi connectivity index (χ0) is 21.7. The third kappa shape index (κ3) is 5.52. The van der Waals surface area contributed by atoms with Crippen molar-refractivity contribution in [1.29, 1.82) is 0 Å². The first-order valence-electron chi connectivity index (χ1n) is 9.79. The highest BCUT2D eigenvalue weighted by Gasteiger charge is 2.34. The van der Waals surface area contributed by atoms with Gasteiger partial charge in [0.1, 0.15) is 6.04 Å². The molecule has 0 radical (unpaired) electrons. The van der Waals surface area contributed by atoms with Gasteiger partial charge in [-0.05, 0) is 61.3 Å². The maximum atomic E-state index is 13.4. The summed E-state index contributed by atoms with van der Waals surface area (Å²) in [4.78, 5) is 29.4. The van der Waals surface area contributed by atoms with Gasteiger partial charge in [0.05, 0.1) is 6.54 Å². The number of aryl methyl sites for hydroxylation is 1. The highest BCUT2D eigenvalue weighted by Crippen LogP contribution is 2.28. The smallest absolute Gasteiger partial charge is 0.276 e. The second-order valence-electron chi connectivity index (χ2n) is 8.04. The summed E-state index contributed by atoms with van der Waals surface area (Å²) < 4.78 is 3.83. The van der Waals surface area contributed by atoms with Gasteiger partial charge >= 0.3 is 0 Å². The molecule has 0 fully saturated rings. The molecule has 3 rings (SSSR count). The molecule has 0 saturated heterocycles. The minimum absolute atomic E-state index is 0.222. The Morgan fingerprint density at radius 2 is 1.90 bits per heavy atom. The third-order valence-electron chi connectivity index (χ3n) is 4.51. The standard InChI is InChI=1S/C22H26N4O2S2/c1-5-15-8-10-16(11-9-15)19(20(27)23-22(2,3)4)26(13-17-7-6-12-29-17)21(28)18-14-30-25-24-18/h6-12,14,19H,5,13H2,1-4H3,(H,23,27). The fourth-order valence-electron chi connectivity index (χ4n) is 3.10. The van der Waals surface area contributed by atoms with Crippen LogP contribution in [0.1, 0.15) is 60.2 Å². The largest absolute Gasteiger partial charge is 0.349 e. The zero-order valence-corrected chi connectivity index (χ0v) is 19.2. The quantitative estimate of drug-likeness (QED) is 0.586. The van der Waals surface area contributed by atoms with E-state index < -0.39 is 11.6 Å². The fourth-order valence-corrected chi connectivity index (χ4v) is 4.23. The van der Waals surface area contributed by atoms with Crippen LogP contribution in [0, 0.1) is 0 Å². The molecule has 0 aliphatic heterocycles. The monoisotopic (exact) mass is 442 g/mol. The molecule has 3 aromatic rings. The van der Waals surface area contributed by atoms with Gasteiger partial charge in [0.25, 0.3) is 5.91 Å². The van der Waals surface area contributed by atoms with Gasteiger partial charge < -0.3 is 10.2 Å². The number of carbonyl (C=O) groups is 2. The maximum absolute atomic E-state index is 13.4. The number of thiophene rings is 1. The molecule has 0 aliphatic rings. The normalized spacial score (nSPS) is 12.4. The summed E-state index contributed by atoms with van der Waals surface area (Å²) in [6, 6.07) is 11.0. The Balaban J connectivity index is 2.06. The number of benzene rings is 1. The predicted octanol–water partition coefficient (Wildman–Crippen LogP) is 4.46. The van der Waals surface area contributed by atoms with Crippen LogP contribution >= 0.6 is 22.9 Å². The molecule has 0 spiro atoms. The van der Waals surface area contributed by atoms with E-state index in [0.717, 1.165) is 28.4 Å². The second-order valence-corrected chi connectivity index (χ2v) is 9.68. The van der Waals surface area contributed by atoms with E-state index >= 15 is 0 Å². The van der Waals surface area contributed by atoms with Gasteiger partial charge in [-0.3, -0.25) is 9.59 Å². The lowest BCUT2D eigenvalue weighted by Gasteiger charge is -2.33. The van der Waals surface area contributed by atoms with Gasteiger partial charge in [0, 0.05) is 15.8 Å². The molecule has 158 valence electrons. The molecule has 1 atom stereocenters. The number of carbonyl (C=O) groups excluding carboxylic acids is 2. The Bertz CT molecular complexity index is 962. The first-order chi connectivity index (χ1) is 14.3. The number of rotatable bonds is 7. The Hall–Kier alpha value is -2.58. The lowest BCUT2D eigenvalue weighted by atomic mass is 9.99. The summed E-state index contributed by atoms with van der Waals surface area (Å²) in [5.41, 5.74) is 1.75. The molecule has 2 aromatic heterocycles. The molecule has 0 bridgehead atoms. The molecule has 30 heavy (non-hydrogen) atoms. The first-order valence-corrected chi connectivity index (χ1v) is 11.5. The number of hydrogen-bond acceptors (Lipinski definition) is 6. The van der Waals surface area contributed by atoms with Crippen LogP contribution in [-0.4, -0.2) is 31.8 Å². The minimum Gasteiger partial charge on any atom is -0.349 e. The molecule has 1 unspecified atom stereocenters. The van der Waals surface area contributed by atoms with E-state index in [0.29, 0.717) is 6.54 Å². The Kier molecular flexibility index (Phi) is 6.99. The Morgan fingerprint density at radius 3 is 2.43 bits per heavy atom. The second kappa shape index (κ2) is 9.49. The summed E-state index contributed by atoms with van der Waals surface area (Å²) >= 11 is 2.67. The van der Waals surface area contributed by atoms with Crippen molar-refractivity contribution in [2.45, 2.75) is 52.2 Å². The van der Waals surface area contributed by atoms with Crippen LogP contribution in [0.15, 0.2) is 47.2 Å². The van der Waals surface area contributed by atoms with E-state index in [1.54, 1.807) is 21.6 Å². The predicted molar refractivity (Wildman–Crippen MR) is 121 cm³/mol. The van der Waals surface area contributed by atoms with Crippen molar-refractivity contribution in [3.63, 3.8) is 0 Å². The average molecular weight is 443 g/mol. The summed E-state index contributed by atoms with van der Waals surface area (Å²) in [5, 5.41) is 10.6. The van der Waals surface area contributed by atoms with Gasteiger partial charge in [0.15, 0.2) is 5.69 Å². The summed E-state index contributed by atoms with van der Waals surface area (Å²) in [6.45, 7) is 8.18. The molecule has 1 aromatic carbocycles. The van der Waals surface area contributed by atoms with Gasteiger partial charge in [-0.15, -0.1) is 16.4 Å². The van der Waals surface area contributed by atoms with Crippen molar-refractivity contribution in [3.8, 4) is 0 Å². The van der Waals surface area contributed by atoms with Crippen LogP contribution in [-0.2, 0) is 17.8 Å². The van der Waals surface area contributed by atoms with Gasteiger partial charge in [-0.1, -0.05) is 41.7 Å². The minimum atomic E-state index is -0.786. The Labute approximate surface area is 185 Å². The van der Waals surface area contributed by atoms with Crippen molar-refractivity contribution < 1.29 is 9.59 Å². The summed E-state index contributed by atoms with van der Waals surface area (Å²) in [5.74, 6) is -0.536. The van der Waals surface area contributed by atoms with Crippen LogP contribution in [0.5, 0.6) is 0 Å². The maximum Gasteiger partial charge on any atom is 0.276 e. The van der Waals surface area contributed by atoms with Gasteiger partial charge in [0.2, 0.25) is 5.91 Å². The van der Waals surface area contributed by atoms with E-state index in [4.69, 9.17) is 0 Å². The van der Waals surface area contributed by atoms with Crippen molar-refractivity contribution in [3.05, 3.63) is 68.9 Å². The van der Waals surface area contributed by atoms with Crippen LogP contribution in [0.2, 0.25) is 0 Å². The van der Waals surface area contributed by atoms with E-state index in [1.165, 1.54) is 5.56 Å². The molecule has 6 nitrogen and oxygen atoms in total. The van der Waals surface area contributed by atoms with Crippen LogP contribution in [0.3, 0.4) is 0 Å². The Morgan fingerprint density at radius 1 is 1.17 bits per heavy atom. The molecule has 0 saturated carbocycles. The third-order valence-corrected chi connectivity index (χ3v) is 5.87. The fraction of sp³-hybridized carbons (Fsp3) is 0.364. The SMILES string of the molecule is CCc1ccc(C(C(=O)NC(C)(C)C)N(Cc2cccs2)C(=O)c2csnn2)cc1. The van der Waals surface area contributed by atoms with Crippen LogP contribution < -0.4 is 5.32 Å². The van der Waals surface area contributed by atoms with Crippen LogP contribution in [0.4, 0.5) is 0 Å². The zero-order valence-electron chi connectivity index (χ0n) is 17.6. The van der Waals surface area contributed by atoms with Crippen molar-refractivity contribution in [2.24, 2.45) is 0 Å². The summed E-state index contributed by atoms with van der Waals surface area (Å²) in [6.07, 6.45) is 0.904. The highest BCUT2D eigenvalue weighted by atomic mass is 32.1. The lowest BCUT2D eigenvalue weighted by molar-refractivity contribution is -0.127. The molecule has 1 N–H and O–H groups in total. The van der Waals surface area contributed by atoms with E-state index in [1.807, 2.05) is 62.5 Å². The van der Waals surface area contributed by atoms with Crippen LogP contribution in [0.25, 0.3) is 0 Å². The average Bonchev–Trinajstić information content (AvgIpc) is 3.40. The topological polar surface area (TPSA) is 75.2 Å². The lowest BCUT2D eigenvalue weighted by Crippen LogP contribution is -2.49. The van der Waals surface area contributed by atoms with E-state index in [2.05, 4.69) is 21.8 Å². The summed E-state index contributed by atoms with van der Waals surface area (Å²) in [7, 11) is 0. The molecular weight excluding hydrogens is 416 g/mol. The molecule has 0 aliphatic carbocycles. The molecule has 8 heteroatoms. The van der Waals surface area contributed by atoms with Crippen molar-refractivity contribution in [2.75, 3.05) is 0 Å². The first kappa shape index (κ1) is 22.1.